The molecule has 0 heteroatoms. The highest BCUT2D eigenvalue weighted by molar-refractivity contribution is 4.64. The Hall–Kier alpha value is 0. The van der Waals surface area contributed by atoms with Gasteiger partial charge in [-0.15, -0.1) is 0 Å². The fourth-order valence-electron chi connectivity index (χ4n) is 2.83. The molecule has 0 aliphatic carbocycles. The molecule has 0 aromatic rings. The molecule has 0 spiro atoms. The molecule has 0 nitrogen and oxygen atoms in total. The maximum absolute atomic E-state index is 2.42. The Bertz CT molecular complexity index is 134. The second kappa shape index (κ2) is 13.4. The second-order valence-corrected chi connectivity index (χ2v) is 6.41. The first kappa shape index (κ1) is 18.0. The van der Waals surface area contributed by atoms with Crippen LogP contribution in [0.15, 0.2) is 0 Å². The first-order valence-electron chi connectivity index (χ1n) is 8.72. The summed E-state index contributed by atoms with van der Waals surface area (Å²) in [6, 6.07) is 0. The van der Waals surface area contributed by atoms with Gasteiger partial charge in [-0.3, -0.25) is 0 Å². The largest absolute Gasteiger partial charge is 0.0654 e. The van der Waals surface area contributed by atoms with E-state index in [1.807, 2.05) is 0 Å². The molecule has 0 aromatic heterocycles. The van der Waals surface area contributed by atoms with E-state index in [0.29, 0.717) is 0 Å². The van der Waals surface area contributed by atoms with E-state index in [1.165, 1.54) is 77.0 Å². The molecule has 110 valence electrons. The zero-order chi connectivity index (χ0) is 13.6. The molecule has 0 aromatic carbocycles. The van der Waals surface area contributed by atoms with E-state index in [-0.39, 0.29) is 0 Å². The van der Waals surface area contributed by atoms with Crippen molar-refractivity contribution in [2.45, 2.75) is 105 Å². The van der Waals surface area contributed by atoms with E-state index in [0.717, 1.165) is 11.8 Å². The summed E-state index contributed by atoms with van der Waals surface area (Å²) < 4.78 is 0. The van der Waals surface area contributed by atoms with Crippen molar-refractivity contribution in [2.75, 3.05) is 0 Å². The molecule has 18 heavy (non-hydrogen) atoms. The van der Waals surface area contributed by atoms with Gasteiger partial charge in [-0.2, -0.15) is 0 Å². The Balaban J connectivity index is 3.53. The Morgan fingerprint density at radius 1 is 0.556 bits per heavy atom. The minimum atomic E-state index is 0.891. The van der Waals surface area contributed by atoms with Crippen LogP contribution in [-0.2, 0) is 0 Å². The van der Waals surface area contributed by atoms with E-state index in [2.05, 4.69) is 27.7 Å². The fraction of sp³-hybridized carbons (Fsp3) is 1.00. The SMILES string of the molecule is CCCCCCCC(CCCCCCC)C(C)C. The molecule has 0 saturated heterocycles. The van der Waals surface area contributed by atoms with E-state index in [9.17, 15) is 0 Å². The number of rotatable bonds is 13. The van der Waals surface area contributed by atoms with Gasteiger partial charge in [0, 0.05) is 0 Å². The van der Waals surface area contributed by atoms with E-state index < -0.39 is 0 Å². The normalized spacial score (nSPS) is 11.7. The number of hydrogen-bond donors (Lipinski definition) is 0. The maximum Gasteiger partial charge on any atom is -0.0391 e. The average Bonchev–Trinajstić information content (AvgIpc) is 2.35. The second-order valence-electron chi connectivity index (χ2n) is 6.41. The summed E-state index contributed by atoms with van der Waals surface area (Å²) in [5, 5.41) is 0. The molecule has 0 unspecified atom stereocenters. The van der Waals surface area contributed by atoms with Crippen LogP contribution in [0, 0.1) is 11.8 Å². The van der Waals surface area contributed by atoms with Gasteiger partial charge in [0.15, 0.2) is 0 Å². The zero-order valence-electron chi connectivity index (χ0n) is 13.6. The smallest absolute Gasteiger partial charge is 0.0391 e. The Kier molecular flexibility index (Phi) is 13.4. The molecule has 0 amide bonds. The van der Waals surface area contributed by atoms with Crippen molar-refractivity contribution in [2.24, 2.45) is 11.8 Å². The first-order valence-corrected chi connectivity index (χ1v) is 8.72. The lowest BCUT2D eigenvalue weighted by Crippen LogP contribution is -2.08. The van der Waals surface area contributed by atoms with Crippen LogP contribution >= 0.6 is 0 Å². The topological polar surface area (TPSA) is 0 Å². The summed E-state index contributed by atoms with van der Waals surface area (Å²) in [5.41, 5.74) is 0. The lowest BCUT2D eigenvalue weighted by molar-refractivity contribution is 0.313. The van der Waals surface area contributed by atoms with Crippen LogP contribution in [0.4, 0.5) is 0 Å². The summed E-state index contributed by atoms with van der Waals surface area (Å²) in [6.07, 6.45) is 17.3. The third-order valence-corrected chi connectivity index (χ3v) is 4.30. The highest BCUT2D eigenvalue weighted by Gasteiger charge is 2.12. The lowest BCUT2D eigenvalue weighted by atomic mass is 9.85. The fourth-order valence-corrected chi connectivity index (χ4v) is 2.83. The van der Waals surface area contributed by atoms with Gasteiger partial charge >= 0.3 is 0 Å². The van der Waals surface area contributed by atoms with Crippen LogP contribution in [0.25, 0.3) is 0 Å². The minimum Gasteiger partial charge on any atom is -0.0654 e. The molecule has 0 rings (SSSR count). The third kappa shape index (κ3) is 11.1. The molecule has 0 N–H and O–H groups in total. The number of unbranched alkanes of at least 4 members (excludes halogenated alkanes) is 8. The molecule has 0 aliphatic heterocycles. The Labute approximate surface area is 117 Å². The summed E-state index contributed by atoms with van der Waals surface area (Å²) in [7, 11) is 0. The van der Waals surface area contributed by atoms with Crippen molar-refractivity contribution in [3.63, 3.8) is 0 Å². The van der Waals surface area contributed by atoms with Crippen molar-refractivity contribution in [1.29, 1.82) is 0 Å². The van der Waals surface area contributed by atoms with Crippen LogP contribution in [0.5, 0.6) is 0 Å². The minimum absolute atomic E-state index is 0.891. The van der Waals surface area contributed by atoms with Crippen molar-refractivity contribution < 1.29 is 0 Å². The molecule has 0 saturated carbocycles. The van der Waals surface area contributed by atoms with Crippen LogP contribution in [0.3, 0.4) is 0 Å². The molecular formula is C18H38. The molecular weight excluding hydrogens is 216 g/mol. The van der Waals surface area contributed by atoms with Crippen molar-refractivity contribution in [1.82, 2.24) is 0 Å². The summed E-state index contributed by atoms with van der Waals surface area (Å²) in [4.78, 5) is 0. The van der Waals surface area contributed by atoms with Crippen molar-refractivity contribution in [3.05, 3.63) is 0 Å². The van der Waals surface area contributed by atoms with Gasteiger partial charge in [-0.1, -0.05) is 105 Å². The van der Waals surface area contributed by atoms with E-state index in [4.69, 9.17) is 0 Å². The molecule has 0 bridgehead atoms. The van der Waals surface area contributed by atoms with Gasteiger partial charge < -0.3 is 0 Å². The quantitative estimate of drug-likeness (QED) is 0.311. The Morgan fingerprint density at radius 3 is 1.28 bits per heavy atom. The summed E-state index contributed by atoms with van der Waals surface area (Å²) in [6.45, 7) is 9.44. The third-order valence-electron chi connectivity index (χ3n) is 4.30. The Morgan fingerprint density at radius 2 is 0.944 bits per heavy atom. The highest BCUT2D eigenvalue weighted by atomic mass is 14.2. The predicted octanol–water partition coefficient (Wildman–Crippen LogP) is 6.98. The average molecular weight is 255 g/mol. The van der Waals surface area contributed by atoms with Crippen molar-refractivity contribution in [3.8, 4) is 0 Å². The van der Waals surface area contributed by atoms with Gasteiger partial charge in [-0.05, 0) is 11.8 Å². The van der Waals surface area contributed by atoms with E-state index >= 15 is 0 Å². The molecule has 0 radical (unpaired) electrons. The van der Waals surface area contributed by atoms with Crippen molar-refractivity contribution >= 4 is 0 Å². The zero-order valence-corrected chi connectivity index (χ0v) is 13.6. The first-order chi connectivity index (χ1) is 8.72. The standard InChI is InChI=1S/C18H38/c1-5-7-9-11-13-15-18(17(3)4)16-14-12-10-8-6-2/h17-18H,5-16H2,1-4H3. The van der Waals surface area contributed by atoms with Gasteiger partial charge in [0.05, 0.1) is 0 Å². The molecule has 0 atom stereocenters. The van der Waals surface area contributed by atoms with Crippen LogP contribution < -0.4 is 0 Å². The molecule has 0 aliphatic rings. The summed E-state index contributed by atoms with van der Waals surface area (Å²) in [5.74, 6) is 1.88. The van der Waals surface area contributed by atoms with Crippen LogP contribution in [0.2, 0.25) is 0 Å². The van der Waals surface area contributed by atoms with E-state index in [1.54, 1.807) is 0 Å². The van der Waals surface area contributed by atoms with Gasteiger partial charge in [0.1, 0.15) is 0 Å². The predicted molar refractivity (Wildman–Crippen MR) is 85.1 cm³/mol. The maximum atomic E-state index is 2.42. The summed E-state index contributed by atoms with van der Waals surface area (Å²) >= 11 is 0. The van der Waals surface area contributed by atoms with Crippen LogP contribution in [-0.4, -0.2) is 0 Å². The molecule has 0 fully saturated rings. The monoisotopic (exact) mass is 254 g/mol. The van der Waals surface area contributed by atoms with Gasteiger partial charge in [0.25, 0.3) is 0 Å². The number of hydrogen-bond acceptors (Lipinski definition) is 0. The highest BCUT2D eigenvalue weighted by Crippen LogP contribution is 2.25. The van der Waals surface area contributed by atoms with Crippen LogP contribution in [0.1, 0.15) is 105 Å². The lowest BCUT2D eigenvalue weighted by Gasteiger charge is -2.20. The van der Waals surface area contributed by atoms with Gasteiger partial charge in [0.2, 0.25) is 0 Å². The van der Waals surface area contributed by atoms with Gasteiger partial charge in [-0.25, -0.2) is 0 Å². The molecule has 0 heterocycles.